The molecule has 2 amide bonds. The predicted molar refractivity (Wildman–Crippen MR) is 72.2 cm³/mol. The van der Waals surface area contributed by atoms with Crippen molar-refractivity contribution >= 4 is 17.6 Å². The summed E-state index contributed by atoms with van der Waals surface area (Å²) in [5.74, 6) is -0.0986. The predicted octanol–water partition coefficient (Wildman–Crippen LogP) is 1.45. The van der Waals surface area contributed by atoms with Crippen LogP contribution in [-0.4, -0.2) is 33.4 Å². The van der Waals surface area contributed by atoms with Crippen LogP contribution in [0.15, 0.2) is 36.7 Å². The summed E-state index contributed by atoms with van der Waals surface area (Å²) in [5, 5.41) is 2.97. The van der Waals surface area contributed by atoms with E-state index in [1.807, 2.05) is 19.1 Å². The summed E-state index contributed by atoms with van der Waals surface area (Å²) in [6.45, 7) is 2.02. The Kier molecular flexibility index (Phi) is 2.90. The first-order chi connectivity index (χ1) is 9.66. The smallest absolute Gasteiger partial charge is 0.281 e. The number of rotatable bonds is 3. The third-order valence-corrected chi connectivity index (χ3v) is 3.06. The van der Waals surface area contributed by atoms with Crippen LogP contribution in [0.4, 0.5) is 5.82 Å². The Bertz CT molecular complexity index is 664. The van der Waals surface area contributed by atoms with Gasteiger partial charge in [0.15, 0.2) is 0 Å². The number of nitrogens with zero attached hydrogens (tertiary/aromatic N) is 3. The molecule has 20 heavy (non-hydrogen) atoms. The lowest BCUT2D eigenvalue weighted by Crippen LogP contribution is -2.34. The quantitative estimate of drug-likeness (QED) is 0.853. The van der Waals surface area contributed by atoms with Gasteiger partial charge in [-0.3, -0.25) is 19.5 Å². The molecule has 0 saturated carbocycles. The summed E-state index contributed by atoms with van der Waals surface area (Å²) in [4.78, 5) is 33.4. The van der Waals surface area contributed by atoms with E-state index in [0.29, 0.717) is 11.4 Å². The molecule has 0 bridgehead atoms. The number of hydrogen-bond donors (Lipinski definition) is 1. The van der Waals surface area contributed by atoms with E-state index in [-0.39, 0.29) is 24.2 Å². The van der Waals surface area contributed by atoms with Crippen LogP contribution in [0.25, 0.3) is 0 Å². The lowest BCUT2D eigenvalue weighted by atomic mass is 10.2. The zero-order valence-corrected chi connectivity index (χ0v) is 10.8. The standard InChI is InChI=1S/C14H12N4O2/c1-9-4-6-15-11(7-9)17-8-18-13(19)10-3-2-5-16-12(10)14(18)20/h2-7H,8H2,1H3,(H,15,17). The van der Waals surface area contributed by atoms with Crippen molar-refractivity contribution < 1.29 is 9.59 Å². The number of amides is 2. The summed E-state index contributed by atoms with van der Waals surface area (Å²) >= 11 is 0. The Labute approximate surface area is 115 Å². The highest BCUT2D eigenvalue weighted by Gasteiger charge is 2.36. The Morgan fingerprint density at radius 1 is 1.15 bits per heavy atom. The summed E-state index contributed by atoms with van der Waals surface area (Å²) in [6, 6.07) is 6.96. The minimum atomic E-state index is -0.384. The lowest BCUT2D eigenvalue weighted by Gasteiger charge is -2.14. The molecule has 3 heterocycles. The van der Waals surface area contributed by atoms with E-state index >= 15 is 0 Å². The molecular weight excluding hydrogens is 256 g/mol. The summed E-state index contributed by atoms with van der Waals surface area (Å²) < 4.78 is 0. The number of carbonyl (C=O) groups is 2. The maximum absolute atomic E-state index is 12.1. The number of hydrogen-bond acceptors (Lipinski definition) is 5. The average molecular weight is 268 g/mol. The van der Waals surface area contributed by atoms with Crippen molar-refractivity contribution in [2.45, 2.75) is 6.92 Å². The molecule has 0 aliphatic carbocycles. The second-order valence-electron chi connectivity index (χ2n) is 4.49. The molecule has 2 aromatic rings. The van der Waals surface area contributed by atoms with Gasteiger partial charge < -0.3 is 5.32 Å². The molecule has 100 valence electrons. The van der Waals surface area contributed by atoms with Gasteiger partial charge in [0.1, 0.15) is 11.5 Å². The van der Waals surface area contributed by atoms with Gasteiger partial charge in [-0.1, -0.05) is 0 Å². The fourth-order valence-electron chi connectivity index (χ4n) is 2.05. The zero-order chi connectivity index (χ0) is 14.1. The molecular formula is C14H12N4O2. The van der Waals surface area contributed by atoms with E-state index in [4.69, 9.17) is 0 Å². The van der Waals surface area contributed by atoms with Gasteiger partial charge in [-0.15, -0.1) is 0 Å². The van der Waals surface area contributed by atoms with E-state index in [0.717, 1.165) is 10.5 Å². The highest BCUT2D eigenvalue weighted by atomic mass is 16.2. The normalized spacial score (nSPS) is 13.6. The van der Waals surface area contributed by atoms with E-state index in [1.165, 1.54) is 6.20 Å². The molecule has 0 saturated heterocycles. The summed E-state index contributed by atoms with van der Waals surface area (Å²) in [5.41, 5.74) is 1.60. The van der Waals surface area contributed by atoms with Crippen LogP contribution in [0.3, 0.4) is 0 Å². The van der Waals surface area contributed by atoms with E-state index in [1.54, 1.807) is 18.3 Å². The maximum atomic E-state index is 12.1. The SMILES string of the molecule is Cc1ccnc(NCN2C(=O)c3cccnc3C2=O)c1. The Balaban J connectivity index is 1.77. The van der Waals surface area contributed by atoms with Crippen LogP contribution in [0.2, 0.25) is 0 Å². The van der Waals surface area contributed by atoms with E-state index in [2.05, 4.69) is 15.3 Å². The fraction of sp³-hybridized carbons (Fsp3) is 0.143. The second kappa shape index (κ2) is 4.73. The van der Waals surface area contributed by atoms with Crippen LogP contribution < -0.4 is 5.32 Å². The van der Waals surface area contributed by atoms with Gasteiger partial charge in [-0.2, -0.15) is 0 Å². The molecule has 0 radical (unpaired) electrons. The number of fused-ring (bicyclic) bond motifs is 1. The topological polar surface area (TPSA) is 75.2 Å². The monoisotopic (exact) mass is 268 g/mol. The lowest BCUT2D eigenvalue weighted by molar-refractivity contribution is 0.0664. The number of pyridine rings is 2. The number of aryl methyl sites for hydroxylation is 1. The number of aromatic nitrogens is 2. The molecule has 3 rings (SSSR count). The summed E-state index contributed by atoms with van der Waals surface area (Å²) in [6.07, 6.45) is 3.17. The Morgan fingerprint density at radius 3 is 2.75 bits per heavy atom. The first kappa shape index (κ1) is 12.3. The van der Waals surface area contributed by atoms with Gasteiger partial charge in [0.25, 0.3) is 11.8 Å². The molecule has 2 aromatic heterocycles. The van der Waals surface area contributed by atoms with Gasteiger partial charge in [-0.25, -0.2) is 4.98 Å². The Hall–Kier alpha value is -2.76. The third kappa shape index (κ3) is 2.01. The van der Waals surface area contributed by atoms with Crippen LogP contribution >= 0.6 is 0 Å². The molecule has 0 spiro atoms. The first-order valence-corrected chi connectivity index (χ1v) is 6.14. The maximum Gasteiger partial charge on any atom is 0.281 e. The number of carbonyl (C=O) groups excluding carboxylic acids is 2. The van der Waals surface area contributed by atoms with Crippen molar-refractivity contribution in [3.63, 3.8) is 0 Å². The molecule has 6 heteroatoms. The minimum absolute atomic E-state index is 0.0739. The van der Waals surface area contributed by atoms with Crippen LogP contribution in [0.5, 0.6) is 0 Å². The molecule has 0 aromatic carbocycles. The van der Waals surface area contributed by atoms with Gasteiger partial charge in [0.05, 0.1) is 12.2 Å². The van der Waals surface area contributed by atoms with Crippen LogP contribution in [0, 0.1) is 6.92 Å². The third-order valence-electron chi connectivity index (χ3n) is 3.06. The molecule has 0 fully saturated rings. The van der Waals surface area contributed by atoms with Crippen molar-refractivity contribution in [1.29, 1.82) is 0 Å². The number of nitrogens with one attached hydrogen (secondary N) is 1. The van der Waals surface area contributed by atoms with E-state index in [9.17, 15) is 9.59 Å². The molecule has 6 nitrogen and oxygen atoms in total. The van der Waals surface area contributed by atoms with E-state index < -0.39 is 0 Å². The molecule has 0 unspecified atom stereocenters. The zero-order valence-electron chi connectivity index (χ0n) is 10.8. The highest BCUT2D eigenvalue weighted by Crippen LogP contribution is 2.20. The van der Waals surface area contributed by atoms with Crippen molar-refractivity contribution in [1.82, 2.24) is 14.9 Å². The van der Waals surface area contributed by atoms with Crippen molar-refractivity contribution in [2.24, 2.45) is 0 Å². The van der Waals surface area contributed by atoms with Crippen LogP contribution in [-0.2, 0) is 0 Å². The van der Waals surface area contributed by atoms with Crippen molar-refractivity contribution in [3.8, 4) is 0 Å². The number of imide groups is 1. The largest absolute Gasteiger partial charge is 0.352 e. The molecule has 1 aliphatic heterocycles. The minimum Gasteiger partial charge on any atom is -0.352 e. The van der Waals surface area contributed by atoms with Gasteiger partial charge in [0, 0.05) is 12.4 Å². The molecule has 1 N–H and O–H groups in total. The fourth-order valence-corrected chi connectivity index (χ4v) is 2.05. The second-order valence-corrected chi connectivity index (χ2v) is 4.49. The van der Waals surface area contributed by atoms with Crippen molar-refractivity contribution in [3.05, 3.63) is 53.5 Å². The van der Waals surface area contributed by atoms with Gasteiger partial charge >= 0.3 is 0 Å². The molecule has 1 aliphatic rings. The van der Waals surface area contributed by atoms with Gasteiger partial charge in [0.2, 0.25) is 0 Å². The first-order valence-electron chi connectivity index (χ1n) is 6.14. The average Bonchev–Trinajstić information content (AvgIpc) is 2.70. The van der Waals surface area contributed by atoms with Crippen LogP contribution in [0.1, 0.15) is 26.4 Å². The summed E-state index contributed by atoms with van der Waals surface area (Å²) in [7, 11) is 0. The van der Waals surface area contributed by atoms with Crippen molar-refractivity contribution in [2.75, 3.05) is 12.0 Å². The van der Waals surface area contributed by atoms with Gasteiger partial charge in [-0.05, 0) is 36.8 Å². The highest BCUT2D eigenvalue weighted by molar-refractivity contribution is 6.20. The number of anilines is 1. The molecule has 0 atom stereocenters. The Morgan fingerprint density at radius 2 is 2.00 bits per heavy atom.